The molecule has 0 aliphatic carbocycles. The molecule has 2 atom stereocenters. The number of hydrogen-bond donors (Lipinski definition) is 1. The summed E-state index contributed by atoms with van der Waals surface area (Å²) in [6.45, 7) is 2.32. The van der Waals surface area contributed by atoms with E-state index >= 15 is 0 Å². The van der Waals surface area contributed by atoms with Crippen LogP contribution in [0.25, 0.3) is 11.1 Å². The maximum absolute atomic E-state index is 10.6. The molecule has 3 aliphatic rings. The first-order valence-corrected chi connectivity index (χ1v) is 8.38. The van der Waals surface area contributed by atoms with Crippen LogP contribution in [0.1, 0.15) is 18.4 Å². The fraction of sp³-hybridized carbons (Fsp3) is 0.400. The number of aliphatic hydroxyl groups excluding tert-OH is 1. The average molecular weight is 293 g/mol. The topological polar surface area (TPSA) is 23.5 Å². The van der Waals surface area contributed by atoms with Crippen molar-refractivity contribution in [2.24, 2.45) is 5.92 Å². The molecule has 3 saturated heterocycles. The SMILES string of the molecule is OC1C2CCN(CC2)C1Cc1cccc(-c2ccccc2)c1. The molecule has 2 heteroatoms. The first kappa shape index (κ1) is 14.0. The van der Waals surface area contributed by atoms with Crippen LogP contribution >= 0.6 is 0 Å². The fourth-order valence-electron chi connectivity index (χ4n) is 4.12. The molecule has 114 valence electrons. The van der Waals surface area contributed by atoms with Gasteiger partial charge in [0.05, 0.1) is 6.10 Å². The summed E-state index contributed by atoms with van der Waals surface area (Å²) in [5.74, 6) is 0.521. The smallest absolute Gasteiger partial charge is 0.0727 e. The molecule has 2 nitrogen and oxygen atoms in total. The van der Waals surface area contributed by atoms with E-state index in [1.807, 2.05) is 0 Å². The molecule has 0 amide bonds. The Morgan fingerprint density at radius 1 is 0.909 bits per heavy atom. The molecule has 2 unspecified atom stereocenters. The molecule has 1 N–H and O–H groups in total. The van der Waals surface area contributed by atoms with Crippen LogP contribution in [0.4, 0.5) is 0 Å². The number of aliphatic hydroxyl groups is 1. The molecular weight excluding hydrogens is 270 g/mol. The number of piperidine rings is 3. The van der Waals surface area contributed by atoms with Gasteiger partial charge in [0, 0.05) is 6.04 Å². The Morgan fingerprint density at radius 3 is 2.36 bits per heavy atom. The predicted molar refractivity (Wildman–Crippen MR) is 89.7 cm³/mol. The van der Waals surface area contributed by atoms with E-state index in [0.29, 0.717) is 12.0 Å². The van der Waals surface area contributed by atoms with Crippen molar-refractivity contribution < 1.29 is 5.11 Å². The van der Waals surface area contributed by atoms with Gasteiger partial charge in [0.2, 0.25) is 0 Å². The summed E-state index contributed by atoms with van der Waals surface area (Å²) >= 11 is 0. The maximum Gasteiger partial charge on any atom is 0.0727 e. The molecule has 3 heterocycles. The van der Waals surface area contributed by atoms with E-state index in [4.69, 9.17) is 0 Å². The van der Waals surface area contributed by atoms with Crippen LogP contribution in [-0.2, 0) is 6.42 Å². The third-order valence-corrected chi connectivity index (χ3v) is 5.40. The fourth-order valence-corrected chi connectivity index (χ4v) is 4.12. The van der Waals surface area contributed by atoms with Gasteiger partial charge in [-0.25, -0.2) is 0 Å². The minimum absolute atomic E-state index is 0.150. The Balaban J connectivity index is 1.56. The first-order valence-electron chi connectivity index (χ1n) is 8.38. The molecular formula is C20H23NO. The Kier molecular flexibility index (Phi) is 3.73. The third kappa shape index (κ3) is 2.57. The number of nitrogens with zero attached hydrogens (tertiary/aromatic N) is 1. The molecule has 2 aromatic carbocycles. The van der Waals surface area contributed by atoms with Crippen molar-refractivity contribution in [3.05, 3.63) is 60.2 Å². The van der Waals surface area contributed by atoms with Crippen molar-refractivity contribution in [3.8, 4) is 11.1 Å². The van der Waals surface area contributed by atoms with Gasteiger partial charge < -0.3 is 5.11 Å². The Labute approximate surface area is 132 Å². The van der Waals surface area contributed by atoms with Crippen LogP contribution in [-0.4, -0.2) is 35.2 Å². The molecule has 0 radical (unpaired) electrons. The average Bonchev–Trinajstić information content (AvgIpc) is 2.60. The monoisotopic (exact) mass is 293 g/mol. The van der Waals surface area contributed by atoms with Crippen molar-refractivity contribution >= 4 is 0 Å². The van der Waals surface area contributed by atoms with Gasteiger partial charge in [0.1, 0.15) is 0 Å². The van der Waals surface area contributed by atoms with Crippen molar-refractivity contribution in [1.82, 2.24) is 4.90 Å². The molecule has 0 saturated carbocycles. The number of hydrogen-bond acceptors (Lipinski definition) is 2. The maximum atomic E-state index is 10.6. The Bertz CT molecular complexity index is 629. The van der Waals surface area contributed by atoms with Crippen molar-refractivity contribution in [2.45, 2.75) is 31.4 Å². The zero-order valence-electron chi connectivity index (χ0n) is 12.9. The second-order valence-corrected chi connectivity index (χ2v) is 6.70. The molecule has 2 bridgehead atoms. The molecule has 2 aromatic rings. The normalized spacial score (nSPS) is 30.4. The van der Waals surface area contributed by atoms with Crippen LogP contribution in [0, 0.1) is 5.92 Å². The summed E-state index contributed by atoms with van der Waals surface area (Å²) in [7, 11) is 0. The van der Waals surface area contributed by atoms with Gasteiger partial charge in [-0.05, 0) is 55.0 Å². The number of benzene rings is 2. The second-order valence-electron chi connectivity index (χ2n) is 6.70. The summed E-state index contributed by atoms with van der Waals surface area (Å²) in [6.07, 6.45) is 3.14. The highest BCUT2D eigenvalue weighted by atomic mass is 16.3. The van der Waals surface area contributed by atoms with E-state index in [-0.39, 0.29) is 6.10 Å². The lowest BCUT2D eigenvalue weighted by Crippen LogP contribution is -2.58. The van der Waals surface area contributed by atoms with E-state index in [1.54, 1.807) is 0 Å². The summed E-state index contributed by atoms with van der Waals surface area (Å²) in [5, 5.41) is 10.6. The predicted octanol–water partition coefficient (Wildman–Crippen LogP) is 3.35. The van der Waals surface area contributed by atoms with E-state index in [2.05, 4.69) is 59.5 Å². The molecule has 22 heavy (non-hydrogen) atoms. The van der Waals surface area contributed by atoms with Gasteiger partial charge in [-0.1, -0.05) is 54.6 Å². The molecule has 5 rings (SSSR count). The van der Waals surface area contributed by atoms with Crippen molar-refractivity contribution in [2.75, 3.05) is 13.1 Å². The minimum Gasteiger partial charge on any atom is -0.391 e. The van der Waals surface area contributed by atoms with Crippen LogP contribution in [0.5, 0.6) is 0 Å². The standard InChI is InChI=1S/C20H23NO/c22-20-17-9-11-21(12-10-17)19(20)14-15-5-4-8-18(13-15)16-6-2-1-3-7-16/h1-8,13,17,19-20,22H,9-12,14H2. The lowest BCUT2D eigenvalue weighted by molar-refractivity contribution is -0.0715. The summed E-state index contributed by atoms with van der Waals surface area (Å²) in [5.41, 5.74) is 3.86. The highest BCUT2D eigenvalue weighted by Gasteiger charge is 2.40. The quantitative estimate of drug-likeness (QED) is 0.938. The van der Waals surface area contributed by atoms with E-state index in [1.165, 1.54) is 29.5 Å². The summed E-state index contributed by atoms with van der Waals surface area (Å²) < 4.78 is 0. The van der Waals surface area contributed by atoms with Crippen molar-refractivity contribution in [3.63, 3.8) is 0 Å². The van der Waals surface area contributed by atoms with E-state index in [0.717, 1.165) is 19.5 Å². The number of fused-ring (bicyclic) bond motifs is 3. The third-order valence-electron chi connectivity index (χ3n) is 5.40. The van der Waals surface area contributed by atoms with Crippen LogP contribution in [0.15, 0.2) is 54.6 Å². The van der Waals surface area contributed by atoms with Crippen molar-refractivity contribution in [1.29, 1.82) is 0 Å². The lowest BCUT2D eigenvalue weighted by atomic mass is 9.78. The number of rotatable bonds is 3. The lowest BCUT2D eigenvalue weighted by Gasteiger charge is -2.49. The Morgan fingerprint density at radius 2 is 1.64 bits per heavy atom. The van der Waals surface area contributed by atoms with Gasteiger partial charge in [-0.3, -0.25) is 4.90 Å². The summed E-state index contributed by atoms with van der Waals surface area (Å²) in [4.78, 5) is 2.49. The van der Waals surface area contributed by atoms with Crippen LogP contribution in [0.2, 0.25) is 0 Å². The molecule has 0 aromatic heterocycles. The highest BCUT2D eigenvalue weighted by Crippen LogP contribution is 2.34. The summed E-state index contributed by atoms with van der Waals surface area (Å²) in [6, 6.07) is 19.6. The van der Waals surface area contributed by atoms with Gasteiger partial charge in [-0.15, -0.1) is 0 Å². The van der Waals surface area contributed by atoms with Gasteiger partial charge >= 0.3 is 0 Å². The molecule has 3 fully saturated rings. The highest BCUT2D eigenvalue weighted by molar-refractivity contribution is 5.63. The second kappa shape index (κ2) is 5.86. The Hall–Kier alpha value is -1.64. The van der Waals surface area contributed by atoms with Crippen LogP contribution in [0.3, 0.4) is 0 Å². The first-order chi connectivity index (χ1) is 10.8. The zero-order valence-corrected chi connectivity index (χ0v) is 12.9. The van der Waals surface area contributed by atoms with Crippen LogP contribution < -0.4 is 0 Å². The minimum atomic E-state index is -0.150. The molecule has 0 spiro atoms. The van der Waals surface area contributed by atoms with E-state index < -0.39 is 0 Å². The van der Waals surface area contributed by atoms with E-state index in [9.17, 15) is 5.11 Å². The van der Waals surface area contributed by atoms with Gasteiger partial charge in [0.15, 0.2) is 0 Å². The largest absolute Gasteiger partial charge is 0.391 e. The van der Waals surface area contributed by atoms with Gasteiger partial charge in [-0.2, -0.15) is 0 Å². The zero-order chi connectivity index (χ0) is 14.9. The van der Waals surface area contributed by atoms with Gasteiger partial charge in [0.25, 0.3) is 0 Å². The molecule has 3 aliphatic heterocycles.